The van der Waals surface area contributed by atoms with Crippen molar-refractivity contribution in [3.63, 3.8) is 0 Å². The van der Waals surface area contributed by atoms with Gasteiger partial charge in [0.1, 0.15) is 0 Å². The van der Waals surface area contributed by atoms with Crippen LogP contribution in [0.25, 0.3) is 0 Å². The molecule has 3 heteroatoms. The van der Waals surface area contributed by atoms with Gasteiger partial charge in [-0.05, 0) is 18.1 Å². The molecule has 2 nitrogen and oxygen atoms in total. The van der Waals surface area contributed by atoms with Gasteiger partial charge in [0.25, 0.3) is 0 Å². The van der Waals surface area contributed by atoms with Gasteiger partial charge in [0.05, 0.1) is 0 Å². The molecule has 0 heterocycles. The van der Waals surface area contributed by atoms with Gasteiger partial charge in [0, 0.05) is 12.5 Å². The molecule has 0 saturated heterocycles. The quantitative estimate of drug-likeness (QED) is 0.615. The summed E-state index contributed by atoms with van der Waals surface area (Å²) in [4.78, 5) is 11.0. The molecule has 11 heavy (non-hydrogen) atoms. The van der Waals surface area contributed by atoms with Crippen molar-refractivity contribution in [2.45, 2.75) is 32.2 Å². The largest absolute Gasteiger partial charge is 0.353 e. The van der Waals surface area contributed by atoms with E-state index in [-0.39, 0.29) is 5.91 Å². The number of hydrogen-bond acceptors (Lipinski definition) is 2. The summed E-state index contributed by atoms with van der Waals surface area (Å²) in [7, 11) is 0. The summed E-state index contributed by atoms with van der Waals surface area (Å²) in [6.45, 7) is 2.16. The second-order valence-corrected chi connectivity index (χ2v) is 3.50. The Morgan fingerprint density at radius 3 is 2.91 bits per heavy atom. The van der Waals surface area contributed by atoms with Gasteiger partial charge in [0.2, 0.25) is 5.91 Å². The molecule has 0 aromatic carbocycles. The maximum absolute atomic E-state index is 11.0. The van der Waals surface area contributed by atoms with Gasteiger partial charge < -0.3 is 5.32 Å². The second-order valence-electron chi connectivity index (χ2n) is 3.05. The third-order valence-corrected chi connectivity index (χ3v) is 2.36. The van der Waals surface area contributed by atoms with Crippen LogP contribution < -0.4 is 5.32 Å². The summed E-state index contributed by atoms with van der Waals surface area (Å²) in [5.41, 5.74) is 0. The Morgan fingerprint density at radius 2 is 2.45 bits per heavy atom. The predicted molar refractivity (Wildman–Crippen MR) is 48.8 cm³/mol. The first-order valence-corrected chi connectivity index (χ1v) is 4.81. The highest BCUT2D eigenvalue weighted by atomic mass is 32.1. The van der Waals surface area contributed by atoms with Crippen molar-refractivity contribution in [2.75, 3.05) is 5.75 Å². The van der Waals surface area contributed by atoms with Crippen LogP contribution in [0.15, 0.2) is 0 Å². The molecule has 1 fully saturated rings. The van der Waals surface area contributed by atoms with Crippen molar-refractivity contribution >= 4 is 18.5 Å². The van der Waals surface area contributed by atoms with E-state index in [4.69, 9.17) is 0 Å². The zero-order chi connectivity index (χ0) is 8.27. The van der Waals surface area contributed by atoms with E-state index in [1.165, 1.54) is 12.8 Å². The van der Waals surface area contributed by atoms with E-state index >= 15 is 0 Å². The number of thiol groups is 1. The number of carbonyl (C=O) groups is 1. The van der Waals surface area contributed by atoms with Crippen molar-refractivity contribution in [3.05, 3.63) is 0 Å². The van der Waals surface area contributed by atoms with Gasteiger partial charge in [-0.3, -0.25) is 4.79 Å². The van der Waals surface area contributed by atoms with Crippen LogP contribution >= 0.6 is 12.6 Å². The van der Waals surface area contributed by atoms with E-state index < -0.39 is 0 Å². The lowest BCUT2D eigenvalue weighted by atomic mass is 10.3. The Hall–Kier alpha value is -0.180. The molecular formula is C8H15NOS. The van der Waals surface area contributed by atoms with E-state index in [0.717, 1.165) is 5.92 Å². The highest BCUT2D eigenvalue weighted by Gasteiger charge is 2.35. The molecule has 64 valence electrons. The van der Waals surface area contributed by atoms with Gasteiger partial charge in [-0.15, -0.1) is 0 Å². The van der Waals surface area contributed by atoms with E-state index in [0.29, 0.717) is 18.2 Å². The minimum absolute atomic E-state index is 0.154. The first-order valence-electron chi connectivity index (χ1n) is 4.18. The summed E-state index contributed by atoms with van der Waals surface area (Å²) >= 11 is 3.99. The summed E-state index contributed by atoms with van der Waals surface area (Å²) in [6.07, 6.45) is 2.91. The predicted octanol–water partition coefficient (Wildman–Crippen LogP) is 1.22. The molecular weight excluding hydrogens is 158 g/mol. The zero-order valence-electron chi connectivity index (χ0n) is 6.84. The fourth-order valence-corrected chi connectivity index (χ4v) is 1.46. The lowest BCUT2D eigenvalue weighted by molar-refractivity contribution is -0.120. The van der Waals surface area contributed by atoms with Crippen LogP contribution in [0.1, 0.15) is 26.2 Å². The van der Waals surface area contributed by atoms with Gasteiger partial charge >= 0.3 is 0 Å². The normalized spacial score (nSPS) is 28.2. The van der Waals surface area contributed by atoms with Crippen LogP contribution in [-0.4, -0.2) is 17.7 Å². The fourth-order valence-electron chi connectivity index (χ4n) is 1.26. The summed E-state index contributed by atoms with van der Waals surface area (Å²) in [5, 5.41) is 2.97. The van der Waals surface area contributed by atoms with Gasteiger partial charge in [-0.1, -0.05) is 13.3 Å². The maximum atomic E-state index is 11.0. The number of rotatable bonds is 4. The Morgan fingerprint density at radius 1 is 1.73 bits per heavy atom. The molecule has 1 rings (SSSR count). The molecule has 0 aromatic heterocycles. The van der Waals surface area contributed by atoms with Crippen molar-refractivity contribution in [1.82, 2.24) is 5.32 Å². The number of carbonyl (C=O) groups excluding carboxylic acids is 1. The highest BCUT2D eigenvalue weighted by Crippen LogP contribution is 2.32. The van der Waals surface area contributed by atoms with E-state index in [9.17, 15) is 4.79 Å². The van der Waals surface area contributed by atoms with E-state index in [1.54, 1.807) is 0 Å². The number of hydrogen-bond donors (Lipinski definition) is 2. The molecule has 1 N–H and O–H groups in total. The third kappa shape index (κ3) is 2.73. The molecule has 0 radical (unpaired) electrons. The molecule has 0 bridgehead atoms. The van der Waals surface area contributed by atoms with Gasteiger partial charge in [0.15, 0.2) is 0 Å². The fraction of sp³-hybridized carbons (Fsp3) is 0.875. The SMILES string of the molecule is CCC1CC1NC(=O)CCS. The molecule has 0 aromatic rings. The van der Waals surface area contributed by atoms with Gasteiger partial charge in [-0.25, -0.2) is 0 Å². The molecule has 0 spiro atoms. The zero-order valence-corrected chi connectivity index (χ0v) is 7.73. The highest BCUT2D eigenvalue weighted by molar-refractivity contribution is 7.80. The van der Waals surface area contributed by atoms with Crippen LogP contribution in [0.5, 0.6) is 0 Å². The molecule has 2 unspecified atom stereocenters. The van der Waals surface area contributed by atoms with E-state index in [1.807, 2.05) is 0 Å². The topological polar surface area (TPSA) is 29.1 Å². The van der Waals surface area contributed by atoms with Crippen LogP contribution in [-0.2, 0) is 4.79 Å². The average Bonchev–Trinajstić information content (AvgIpc) is 2.68. The van der Waals surface area contributed by atoms with Crippen LogP contribution in [0.3, 0.4) is 0 Å². The number of nitrogens with one attached hydrogen (secondary N) is 1. The Bertz CT molecular complexity index is 149. The smallest absolute Gasteiger partial charge is 0.221 e. The maximum Gasteiger partial charge on any atom is 0.221 e. The molecule has 1 saturated carbocycles. The first kappa shape index (κ1) is 8.91. The van der Waals surface area contributed by atoms with Crippen LogP contribution in [0.2, 0.25) is 0 Å². The lowest BCUT2D eigenvalue weighted by Crippen LogP contribution is -2.26. The van der Waals surface area contributed by atoms with Gasteiger partial charge in [-0.2, -0.15) is 12.6 Å². The third-order valence-electron chi connectivity index (χ3n) is 2.13. The lowest BCUT2D eigenvalue weighted by Gasteiger charge is -2.00. The van der Waals surface area contributed by atoms with Crippen molar-refractivity contribution < 1.29 is 4.79 Å². The summed E-state index contributed by atoms with van der Waals surface area (Å²) in [5.74, 6) is 1.55. The second kappa shape index (κ2) is 4.00. The molecule has 1 amide bonds. The molecule has 2 atom stereocenters. The first-order chi connectivity index (χ1) is 5.27. The van der Waals surface area contributed by atoms with Crippen molar-refractivity contribution in [1.29, 1.82) is 0 Å². The number of amides is 1. The van der Waals surface area contributed by atoms with Crippen LogP contribution in [0.4, 0.5) is 0 Å². The minimum Gasteiger partial charge on any atom is -0.353 e. The monoisotopic (exact) mass is 173 g/mol. The Kier molecular flexibility index (Phi) is 3.24. The van der Waals surface area contributed by atoms with Crippen molar-refractivity contribution in [2.24, 2.45) is 5.92 Å². The van der Waals surface area contributed by atoms with E-state index in [2.05, 4.69) is 24.9 Å². The molecule has 0 aliphatic heterocycles. The summed E-state index contributed by atoms with van der Waals surface area (Å²) in [6, 6.07) is 0.479. The Labute approximate surface area is 73.2 Å². The standard InChI is InChI=1S/C8H15NOS/c1-2-6-5-7(6)9-8(10)3-4-11/h6-7,11H,2-5H2,1H3,(H,9,10). The van der Waals surface area contributed by atoms with Crippen LogP contribution in [0, 0.1) is 5.92 Å². The minimum atomic E-state index is 0.154. The Balaban J connectivity index is 2.08. The van der Waals surface area contributed by atoms with Crippen molar-refractivity contribution in [3.8, 4) is 0 Å². The summed E-state index contributed by atoms with van der Waals surface area (Å²) < 4.78 is 0. The molecule has 1 aliphatic carbocycles. The average molecular weight is 173 g/mol. The molecule has 1 aliphatic rings.